The highest BCUT2D eigenvalue weighted by Gasteiger charge is 2.58. The predicted octanol–water partition coefficient (Wildman–Crippen LogP) is 14.5. The standard InChI is InChI=1S/C59H42N4O/c1-58(2,3)39-32-33-60-55(34-39)63-52-28-12-9-22-46(52)47-31-30-42(36-54(47)63)64-41-19-13-18-40(35-41)61-37-62-56-43(38-16-5-4-6-17-38)23-14-26-50(56)59(51-27-15-29-53(61)57(51)62)48-24-10-7-20-44(48)45-21-8-11-25-49(45)59/h4-36H,1-3H3/q+2. The van der Waals surface area contributed by atoms with Gasteiger partial charge in [-0.05, 0) is 90.4 Å². The molecule has 8 aromatic carbocycles. The third kappa shape index (κ3) is 5.10. The van der Waals surface area contributed by atoms with Crippen molar-refractivity contribution in [3.05, 3.63) is 228 Å². The lowest BCUT2D eigenvalue weighted by Gasteiger charge is -2.36. The van der Waals surface area contributed by atoms with Crippen LogP contribution >= 0.6 is 0 Å². The topological polar surface area (TPSA) is 33.1 Å². The van der Waals surface area contributed by atoms with E-state index in [1.54, 1.807) is 0 Å². The summed E-state index contributed by atoms with van der Waals surface area (Å²) in [6.45, 7) is 6.72. The molecule has 0 unspecified atom stereocenters. The monoisotopic (exact) mass is 822 g/mol. The number of hydrogen-bond acceptors (Lipinski definition) is 2. The Labute approximate surface area is 371 Å². The minimum absolute atomic E-state index is 0.0147. The average Bonchev–Trinajstić information content (AvgIpc) is 3.98. The van der Waals surface area contributed by atoms with Crippen LogP contribution in [0.15, 0.2) is 200 Å². The smallest absolute Gasteiger partial charge is 0.457 e. The highest BCUT2D eigenvalue weighted by Crippen LogP contribution is 2.64. The van der Waals surface area contributed by atoms with E-state index in [1.807, 2.05) is 12.3 Å². The van der Waals surface area contributed by atoms with Crippen molar-refractivity contribution in [3.63, 3.8) is 0 Å². The third-order valence-corrected chi connectivity index (χ3v) is 13.6. The molecule has 1 aliphatic carbocycles. The number of ether oxygens (including phenoxy) is 1. The fraction of sp³-hybridized carbons (Fsp3) is 0.0847. The van der Waals surface area contributed by atoms with Crippen molar-refractivity contribution in [2.75, 3.05) is 0 Å². The average molecular weight is 823 g/mol. The first-order valence-electron chi connectivity index (χ1n) is 22.0. The molecule has 10 aromatic rings. The van der Waals surface area contributed by atoms with E-state index in [4.69, 9.17) is 9.72 Å². The summed E-state index contributed by atoms with van der Waals surface area (Å²) in [5.41, 5.74) is 17.1. The van der Waals surface area contributed by atoms with Crippen LogP contribution < -0.4 is 13.9 Å². The number of benzene rings is 8. The summed E-state index contributed by atoms with van der Waals surface area (Å²) in [4.78, 5) is 4.90. The zero-order chi connectivity index (χ0) is 42.7. The number of rotatable bonds is 5. The van der Waals surface area contributed by atoms with Gasteiger partial charge < -0.3 is 4.74 Å². The number of hydrogen-bond donors (Lipinski definition) is 0. The van der Waals surface area contributed by atoms with Gasteiger partial charge in [0.1, 0.15) is 17.3 Å². The molecule has 3 aliphatic rings. The van der Waals surface area contributed by atoms with Gasteiger partial charge in [-0.15, -0.1) is 0 Å². The fourth-order valence-corrected chi connectivity index (χ4v) is 10.8. The molecule has 0 saturated carbocycles. The Hall–Kier alpha value is -8.11. The molecular formula is C59H42N4O+2. The Morgan fingerprint density at radius 2 is 1.16 bits per heavy atom. The Morgan fingerprint density at radius 1 is 0.516 bits per heavy atom. The van der Waals surface area contributed by atoms with E-state index < -0.39 is 5.41 Å². The predicted molar refractivity (Wildman–Crippen MR) is 261 cm³/mol. The molecular weight excluding hydrogens is 781 g/mol. The lowest BCUT2D eigenvalue weighted by Crippen LogP contribution is -2.34. The minimum atomic E-state index is -0.539. The van der Waals surface area contributed by atoms with Gasteiger partial charge in [-0.2, -0.15) is 0 Å². The van der Waals surface area contributed by atoms with Crippen molar-refractivity contribution in [2.45, 2.75) is 31.6 Å². The van der Waals surface area contributed by atoms with Gasteiger partial charge in [-0.3, -0.25) is 4.57 Å². The second kappa shape index (κ2) is 13.4. The van der Waals surface area contributed by atoms with Crippen LogP contribution in [0.5, 0.6) is 11.5 Å². The van der Waals surface area contributed by atoms with Gasteiger partial charge in [0.2, 0.25) is 11.4 Å². The summed E-state index contributed by atoms with van der Waals surface area (Å²) >= 11 is 0. The third-order valence-electron chi connectivity index (χ3n) is 13.6. The summed E-state index contributed by atoms with van der Waals surface area (Å²) in [5.74, 6) is 2.38. The molecule has 302 valence electrons. The van der Waals surface area contributed by atoms with Gasteiger partial charge in [0.25, 0.3) is 5.69 Å². The van der Waals surface area contributed by atoms with Crippen LogP contribution in [-0.2, 0) is 10.8 Å². The quantitative estimate of drug-likeness (QED) is 0.162. The van der Waals surface area contributed by atoms with Gasteiger partial charge in [-0.25, -0.2) is 4.98 Å². The zero-order valence-electron chi connectivity index (χ0n) is 35.7. The maximum atomic E-state index is 6.81. The summed E-state index contributed by atoms with van der Waals surface area (Å²) in [6.07, 6.45) is 1.92. The molecule has 0 saturated heterocycles. The van der Waals surface area contributed by atoms with E-state index in [2.05, 4.69) is 229 Å². The zero-order valence-corrected chi connectivity index (χ0v) is 35.7. The maximum Gasteiger partial charge on any atom is 0.503 e. The number of fused-ring (bicyclic) bond motifs is 12. The summed E-state index contributed by atoms with van der Waals surface area (Å²) in [5, 5.41) is 2.33. The number of para-hydroxylation sites is 3. The molecule has 0 bridgehead atoms. The molecule has 2 aliphatic heterocycles. The van der Waals surface area contributed by atoms with Gasteiger partial charge in [0.15, 0.2) is 0 Å². The van der Waals surface area contributed by atoms with Crippen LogP contribution in [-0.4, -0.2) is 15.6 Å². The lowest BCUT2D eigenvalue weighted by molar-refractivity contribution is 0.483. The molecule has 0 fully saturated rings. The fourth-order valence-electron chi connectivity index (χ4n) is 10.8. The molecule has 0 amide bonds. The Bertz CT molecular complexity index is 3630. The molecule has 64 heavy (non-hydrogen) atoms. The first kappa shape index (κ1) is 36.5. The molecule has 13 rings (SSSR count). The van der Waals surface area contributed by atoms with E-state index in [0.29, 0.717) is 0 Å². The van der Waals surface area contributed by atoms with E-state index in [0.717, 1.165) is 56.5 Å². The normalized spacial score (nSPS) is 13.9. The first-order valence-corrected chi connectivity index (χ1v) is 22.0. The van der Waals surface area contributed by atoms with Crippen molar-refractivity contribution in [3.8, 4) is 39.6 Å². The van der Waals surface area contributed by atoms with Gasteiger partial charge in [-0.1, -0.05) is 148 Å². The van der Waals surface area contributed by atoms with Crippen molar-refractivity contribution in [2.24, 2.45) is 0 Å². The van der Waals surface area contributed by atoms with Crippen LogP contribution in [0.3, 0.4) is 0 Å². The summed E-state index contributed by atoms with van der Waals surface area (Å²) in [6, 6.07) is 73.9. The van der Waals surface area contributed by atoms with Crippen molar-refractivity contribution >= 4 is 50.6 Å². The molecule has 0 radical (unpaired) electrons. The Kier molecular flexibility index (Phi) is 7.67. The van der Waals surface area contributed by atoms with E-state index >= 15 is 0 Å². The van der Waals surface area contributed by atoms with E-state index in [-0.39, 0.29) is 5.41 Å². The van der Waals surface area contributed by atoms with Crippen LogP contribution in [0, 0.1) is 0 Å². The van der Waals surface area contributed by atoms with Gasteiger partial charge in [0, 0.05) is 40.7 Å². The molecule has 5 nitrogen and oxygen atoms in total. The molecule has 5 heteroatoms. The minimum Gasteiger partial charge on any atom is -0.457 e. The summed E-state index contributed by atoms with van der Waals surface area (Å²) < 4.78 is 13.6. The Balaban J connectivity index is 0.980. The molecule has 0 N–H and O–H groups in total. The first-order chi connectivity index (χ1) is 31.4. The second-order valence-electron chi connectivity index (χ2n) is 18.1. The largest absolute Gasteiger partial charge is 0.503 e. The van der Waals surface area contributed by atoms with Gasteiger partial charge >= 0.3 is 11.7 Å². The maximum absolute atomic E-state index is 6.81. The lowest BCUT2D eigenvalue weighted by atomic mass is 9.64. The van der Waals surface area contributed by atoms with E-state index in [9.17, 15) is 0 Å². The molecule has 1 spiro atoms. The van der Waals surface area contributed by atoms with Crippen molar-refractivity contribution in [1.82, 2.24) is 18.7 Å². The highest BCUT2D eigenvalue weighted by molar-refractivity contribution is 6.09. The molecule has 0 atom stereocenters. The Morgan fingerprint density at radius 3 is 1.95 bits per heavy atom. The highest BCUT2D eigenvalue weighted by atomic mass is 16.5. The number of nitrogens with zero attached hydrogens (tertiary/aromatic N) is 4. The molecule has 2 aromatic heterocycles. The number of aromatic nitrogens is 2. The van der Waals surface area contributed by atoms with Crippen molar-refractivity contribution < 1.29 is 4.74 Å². The molecule has 4 heterocycles. The van der Waals surface area contributed by atoms with Crippen LogP contribution in [0.25, 0.3) is 49.9 Å². The van der Waals surface area contributed by atoms with Crippen LogP contribution in [0.4, 0.5) is 22.7 Å². The SMILES string of the molecule is CC(C)(C)c1ccnc(-n2c3ccccc3c3ccc(Oc4cccc([N+]5=C=[N+]6c7c(-c8ccccc8)cccc7C7(c8ccccc8-c8ccccc87)c7cccc5c76)c4)cc32)c1. The van der Waals surface area contributed by atoms with Crippen LogP contribution in [0.1, 0.15) is 48.6 Å². The summed E-state index contributed by atoms with van der Waals surface area (Å²) in [7, 11) is 0. The van der Waals surface area contributed by atoms with E-state index in [1.165, 1.54) is 55.5 Å². The van der Waals surface area contributed by atoms with Gasteiger partial charge in [0.05, 0.1) is 33.6 Å². The second-order valence-corrected chi connectivity index (χ2v) is 18.1. The number of pyridine rings is 1. The van der Waals surface area contributed by atoms with Crippen molar-refractivity contribution in [1.29, 1.82) is 0 Å². The van der Waals surface area contributed by atoms with Crippen LogP contribution in [0.2, 0.25) is 0 Å².